The van der Waals surface area contributed by atoms with Gasteiger partial charge in [-0.15, -0.1) is 0 Å². The molecule has 0 aliphatic heterocycles. The first-order valence-electron chi connectivity index (χ1n) is 9.63. The first kappa shape index (κ1) is 23.2. The highest BCUT2D eigenvalue weighted by Crippen LogP contribution is 2.30. The van der Waals surface area contributed by atoms with E-state index in [1.54, 1.807) is 25.1 Å². The van der Waals surface area contributed by atoms with Gasteiger partial charge in [0.1, 0.15) is 6.04 Å². The van der Waals surface area contributed by atoms with Crippen LogP contribution in [0.5, 0.6) is 0 Å². The molecule has 7 heteroatoms. The van der Waals surface area contributed by atoms with Gasteiger partial charge in [-0.1, -0.05) is 56.6 Å². The van der Waals surface area contributed by atoms with Crippen molar-refractivity contribution in [2.75, 3.05) is 15.9 Å². The van der Waals surface area contributed by atoms with Gasteiger partial charge in [0.2, 0.25) is 15.9 Å². The van der Waals surface area contributed by atoms with Crippen LogP contribution in [-0.2, 0) is 14.8 Å². The molecule has 1 N–H and O–H groups in total. The van der Waals surface area contributed by atoms with Crippen LogP contribution >= 0.6 is 11.6 Å². The summed E-state index contributed by atoms with van der Waals surface area (Å²) in [5.74, 6) is -0.155. The second-order valence-corrected chi connectivity index (χ2v) is 9.87. The summed E-state index contributed by atoms with van der Waals surface area (Å²) in [7, 11) is -3.72. The van der Waals surface area contributed by atoms with Crippen LogP contribution in [0, 0.1) is 13.8 Å². The van der Waals surface area contributed by atoms with Crippen LogP contribution in [0.1, 0.15) is 49.8 Å². The number of nitrogens with zero attached hydrogens (tertiary/aromatic N) is 1. The molecule has 0 bridgehead atoms. The molecule has 0 aliphatic rings. The van der Waals surface area contributed by atoms with Gasteiger partial charge in [-0.05, 0) is 55.0 Å². The van der Waals surface area contributed by atoms with E-state index in [-0.39, 0.29) is 11.8 Å². The molecule has 158 valence electrons. The Hall–Kier alpha value is -2.05. The van der Waals surface area contributed by atoms with Gasteiger partial charge in [-0.2, -0.15) is 0 Å². The van der Waals surface area contributed by atoms with Gasteiger partial charge >= 0.3 is 0 Å². The Balaban J connectivity index is 2.49. The third-order valence-corrected chi connectivity index (χ3v) is 6.50. The Labute approximate surface area is 179 Å². The van der Waals surface area contributed by atoms with Gasteiger partial charge < -0.3 is 5.32 Å². The highest BCUT2D eigenvalue weighted by atomic mass is 35.5. The number of hydrogen-bond donors (Lipinski definition) is 1. The van der Waals surface area contributed by atoms with E-state index in [4.69, 9.17) is 11.6 Å². The van der Waals surface area contributed by atoms with Crippen LogP contribution in [-0.4, -0.2) is 26.6 Å². The summed E-state index contributed by atoms with van der Waals surface area (Å²) in [5.41, 5.74) is 3.89. The molecule has 1 atom stereocenters. The van der Waals surface area contributed by atoms with E-state index in [1.807, 2.05) is 32.0 Å². The number of amides is 1. The minimum Gasteiger partial charge on any atom is -0.324 e. The van der Waals surface area contributed by atoms with Crippen molar-refractivity contribution < 1.29 is 13.2 Å². The summed E-state index contributed by atoms with van der Waals surface area (Å²) < 4.78 is 26.4. The Kier molecular flexibility index (Phi) is 7.35. The summed E-state index contributed by atoms with van der Waals surface area (Å²) >= 11 is 6.22. The smallest absolute Gasteiger partial charge is 0.248 e. The maximum absolute atomic E-state index is 13.2. The lowest BCUT2D eigenvalue weighted by molar-refractivity contribution is -0.117. The molecule has 2 aromatic rings. The molecular weight excluding hydrogens is 408 g/mol. The van der Waals surface area contributed by atoms with Crippen LogP contribution in [0.15, 0.2) is 36.4 Å². The normalized spacial score (nSPS) is 12.7. The fourth-order valence-corrected chi connectivity index (χ4v) is 4.71. The van der Waals surface area contributed by atoms with Gasteiger partial charge in [-0.25, -0.2) is 8.42 Å². The predicted octanol–water partition coefficient (Wildman–Crippen LogP) is 5.26. The van der Waals surface area contributed by atoms with E-state index in [1.165, 1.54) is 0 Å². The minimum absolute atomic E-state index is 0.215. The average molecular weight is 437 g/mol. The number of hydrogen-bond acceptors (Lipinski definition) is 3. The van der Waals surface area contributed by atoms with Gasteiger partial charge in [0, 0.05) is 10.7 Å². The fourth-order valence-electron chi connectivity index (χ4n) is 3.33. The van der Waals surface area contributed by atoms with E-state index < -0.39 is 16.1 Å². The largest absolute Gasteiger partial charge is 0.324 e. The zero-order valence-corrected chi connectivity index (χ0v) is 19.4. The Bertz CT molecular complexity index is 1000. The van der Waals surface area contributed by atoms with Gasteiger partial charge in [0.25, 0.3) is 0 Å². The second kappa shape index (κ2) is 9.18. The summed E-state index contributed by atoms with van der Waals surface area (Å²) in [4.78, 5) is 13.2. The van der Waals surface area contributed by atoms with E-state index in [0.29, 0.717) is 17.1 Å². The van der Waals surface area contributed by atoms with E-state index in [2.05, 4.69) is 19.2 Å². The molecule has 2 rings (SSSR count). The lowest BCUT2D eigenvalue weighted by Gasteiger charge is -2.31. The monoisotopic (exact) mass is 436 g/mol. The standard InChI is InChI=1S/C22H29ClN2O3S/c1-7-20(22(26)24-21-16(5)9-8-10-18(21)14(2)3)25(29(6,27)28)17-12-11-15(4)19(23)13-17/h8-14,20H,7H2,1-6H3,(H,24,26)/t20-/m1/s1. The van der Waals surface area contributed by atoms with E-state index >= 15 is 0 Å². The van der Waals surface area contributed by atoms with Gasteiger partial charge in [0.05, 0.1) is 11.9 Å². The molecule has 2 aromatic carbocycles. The fraction of sp³-hybridized carbons (Fsp3) is 0.409. The van der Waals surface area contributed by atoms with Gasteiger partial charge in [0.15, 0.2) is 0 Å². The van der Waals surface area contributed by atoms with E-state index in [0.717, 1.165) is 32.9 Å². The molecule has 0 aromatic heterocycles. The summed E-state index contributed by atoms with van der Waals surface area (Å²) in [6.07, 6.45) is 1.41. The van der Waals surface area contributed by atoms with Gasteiger partial charge in [-0.3, -0.25) is 9.10 Å². The lowest BCUT2D eigenvalue weighted by Crippen LogP contribution is -2.47. The van der Waals surface area contributed by atoms with Crippen LogP contribution in [0.4, 0.5) is 11.4 Å². The van der Waals surface area contributed by atoms with Crippen molar-refractivity contribution in [1.29, 1.82) is 0 Å². The van der Waals surface area contributed by atoms with Crippen molar-refractivity contribution in [3.63, 3.8) is 0 Å². The minimum atomic E-state index is -3.72. The molecule has 0 aliphatic carbocycles. The average Bonchev–Trinajstić information content (AvgIpc) is 2.62. The number of aryl methyl sites for hydroxylation is 2. The molecule has 29 heavy (non-hydrogen) atoms. The molecule has 0 fully saturated rings. The molecular formula is C22H29ClN2O3S. The number of benzene rings is 2. The first-order valence-corrected chi connectivity index (χ1v) is 11.9. The maximum atomic E-state index is 13.2. The Morgan fingerprint density at radius 3 is 2.31 bits per heavy atom. The number of rotatable bonds is 7. The van der Waals surface area contributed by atoms with Crippen LogP contribution in [0.25, 0.3) is 0 Å². The molecule has 5 nitrogen and oxygen atoms in total. The van der Waals surface area contributed by atoms with Crippen molar-refractivity contribution >= 4 is 38.9 Å². The summed E-state index contributed by atoms with van der Waals surface area (Å²) in [6, 6.07) is 9.96. The molecule has 0 saturated heterocycles. The maximum Gasteiger partial charge on any atom is 0.248 e. The van der Waals surface area contributed by atoms with E-state index in [9.17, 15) is 13.2 Å². The zero-order chi connectivity index (χ0) is 21.9. The third kappa shape index (κ3) is 5.31. The number of sulfonamides is 1. The Morgan fingerprint density at radius 1 is 1.14 bits per heavy atom. The lowest BCUT2D eigenvalue weighted by atomic mass is 9.98. The van der Waals surface area contributed by atoms with Crippen LogP contribution in [0.2, 0.25) is 5.02 Å². The quantitative estimate of drug-likeness (QED) is 0.643. The Morgan fingerprint density at radius 2 is 1.79 bits per heavy atom. The summed E-state index contributed by atoms with van der Waals surface area (Å²) in [6.45, 7) is 9.67. The van der Waals surface area contributed by atoms with Crippen molar-refractivity contribution in [1.82, 2.24) is 0 Å². The topological polar surface area (TPSA) is 66.5 Å². The van der Waals surface area contributed by atoms with Crippen molar-refractivity contribution in [3.8, 4) is 0 Å². The highest BCUT2D eigenvalue weighted by Gasteiger charge is 2.32. The SMILES string of the molecule is CC[C@H](C(=O)Nc1c(C)cccc1C(C)C)N(c1ccc(C)c(Cl)c1)S(C)(=O)=O. The predicted molar refractivity (Wildman–Crippen MR) is 121 cm³/mol. The third-order valence-electron chi connectivity index (χ3n) is 4.91. The first-order chi connectivity index (χ1) is 13.5. The number of halogens is 1. The number of anilines is 2. The molecule has 0 spiro atoms. The zero-order valence-electron chi connectivity index (χ0n) is 17.8. The van der Waals surface area contributed by atoms with Crippen LogP contribution < -0.4 is 9.62 Å². The van der Waals surface area contributed by atoms with Crippen molar-refractivity contribution in [3.05, 3.63) is 58.1 Å². The van der Waals surface area contributed by atoms with Crippen molar-refractivity contribution in [2.24, 2.45) is 0 Å². The molecule has 0 radical (unpaired) electrons. The number of carbonyl (C=O) groups is 1. The molecule has 0 saturated carbocycles. The van der Waals surface area contributed by atoms with Crippen molar-refractivity contribution in [2.45, 2.75) is 53.0 Å². The second-order valence-electron chi connectivity index (χ2n) is 7.60. The number of para-hydroxylation sites is 1. The van der Waals surface area contributed by atoms with Crippen LogP contribution in [0.3, 0.4) is 0 Å². The number of carbonyl (C=O) groups excluding carboxylic acids is 1. The number of nitrogens with one attached hydrogen (secondary N) is 1. The molecule has 0 heterocycles. The summed E-state index contributed by atoms with van der Waals surface area (Å²) in [5, 5.41) is 3.43. The highest BCUT2D eigenvalue weighted by molar-refractivity contribution is 7.92. The molecule has 0 unspecified atom stereocenters. The molecule has 1 amide bonds.